The molecule has 0 radical (unpaired) electrons. The van der Waals surface area contributed by atoms with Gasteiger partial charge in [-0.1, -0.05) is 5.16 Å². The molecule has 10 heteroatoms. The van der Waals surface area contributed by atoms with Gasteiger partial charge in [-0.15, -0.1) is 0 Å². The maximum absolute atomic E-state index is 13.3. The molecule has 0 aromatic carbocycles. The van der Waals surface area contributed by atoms with E-state index in [1.54, 1.807) is 4.90 Å². The Morgan fingerprint density at radius 1 is 1.42 bits per heavy atom. The van der Waals surface area contributed by atoms with Crippen LogP contribution in [-0.4, -0.2) is 77.1 Å². The average molecular weight is 373 g/mol. The number of nitrogens with one attached hydrogen (secondary N) is 1. The first kappa shape index (κ1) is 19.1. The largest absolute Gasteiger partial charge is 0.371 e. The van der Waals surface area contributed by atoms with E-state index >= 15 is 0 Å². The summed E-state index contributed by atoms with van der Waals surface area (Å²) in [6.45, 7) is 6.67. The highest BCUT2D eigenvalue weighted by Gasteiger charge is 2.43. The van der Waals surface area contributed by atoms with Crippen LogP contribution in [-0.2, 0) is 16.1 Å². The highest BCUT2D eigenvalue weighted by molar-refractivity contribution is 5.82. The predicted octanol–water partition coefficient (Wildman–Crippen LogP) is 0.808. The fourth-order valence-corrected chi connectivity index (χ4v) is 3.25. The summed E-state index contributed by atoms with van der Waals surface area (Å²) in [6.07, 6.45) is -0.640. The Morgan fingerprint density at radius 2 is 2.15 bits per heavy atom. The highest BCUT2D eigenvalue weighted by atomic mass is 19.3. The van der Waals surface area contributed by atoms with Crippen molar-refractivity contribution in [1.82, 2.24) is 25.3 Å². The molecule has 0 saturated carbocycles. The Kier molecular flexibility index (Phi) is 5.83. The van der Waals surface area contributed by atoms with Crippen molar-refractivity contribution in [2.75, 3.05) is 39.3 Å². The molecule has 2 unspecified atom stereocenters. The number of amides is 1. The lowest BCUT2D eigenvalue weighted by Crippen LogP contribution is -2.52. The third-order valence-electron chi connectivity index (χ3n) is 4.71. The second kappa shape index (κ2) is 7.93. The Hall–Kier alpha value is -1.65. The van der Waals surface area contributed by atoms with Crippen LogP contribution in [0.3, 0.4) is 0 Å². The Bertz CT molecular complexity index is 619. The van der Waals surface area contributed by atoms with Crippen LogP contribution in [0.15, 0.2) is 4.52 Å². The van der Waals surface area contributed by atoms with E-state index < -0.39 is 24.9 Å². The van der Waals surface area contributed by atoms with Crippen LogP contribution in [0, 0.1) is 0 Å². The first-order valence-corrected chi connectivity index (χ1v) is 8.94. The predicted molar refractivity (Wildman–Crippen MR) is 87.6 cm³/mol. The third kappa shape index (κ3) is 4.54. The van der Waals surface area contributed by atoms with Gasteiger partial charge in [-0.05, 0) is 13.8 Å². The normalized spacial score (nSPS) is 24.8. The van der Waals surface area contributed by atoms with Crippen molar-refractivity contribution >= 4 is 5.91 Å². The summed E-state index contributed by atoms with van der Waals surface area (Å²) in [5.41, 5.74) is 0. The molecular formula is C16H25F2N5O3. The number of halogens is 2. The molecule has 2 saturated heterocycles. The van der Waals surface area contributed by atoms with E-state index in [9.17, 15) is 13.6 Å². The topological polar surface area (TPSA) is 83.7 Å². The molecule has 1 N–H and O–H groups in total. The van der Waals surface area contributed by atoms with Gasteiger partial charge in [-0.3, -0.25) is 15.0 Å². The van der Waals surface area contributed by atoms with Crippen molar-refractivity contribution in [3.8, 4) is 0 Å². The maximum Gasteiger partial charge on any atom is 0.262 e. The minimum Gasteiger partial charge on any atom is -0.371 e. The van der Waals surface area contributed by atoms with E-state index in [0.29, 0.717) is 51.0 Å². The second-order valence-electron chi connectivity index (χ2n) is 6.74. The summed E-state index contributed by atoms with van der Waals surface area (Å²) in [6, 6.07) is -0.782. The number of ether oxygens (including phenoxy) is 1. The highest BCUT2D eigenvalue weighted by Crippen LogP contribution is 2.26. The number of hydrogen-bond donors (Lipinski definition) is 1. The number of rotatable bonds is 6. The summed E-state index contributed by atoms with van der Waals surface area (Å²) in [5, 5.41) is 6.55. The van der Waals surface area contributed by atoms with Crippen LogP contribution in [0.4, 0.5) is 8.78 Å². The molecule has 1 aromatic rings. The fourth-order valence-electron chi connectivity index (χ4n) is 3.25. The Labute approximate surface area is 150 Å². The van der Waals surface area contributed by atoms with E-state index in [4.69, 9.17) is 9.26 Å². The molecule has 3 rings (SSSR count). The van der Waals surface area contributed by atoms with Gasteiger partial charge in [0.2, 0.25) is 11.8 Å². The van der Waals surface area contributed by atoms with Crippen molar-refractivity contribution < 1.29 is 22.8 Å². The van der Waals surface area contributed by atoms with Gasteiger partial charge in [0.1, 0.15) is 6.10 Å². The summed E-state index contributed by atoms with van der Waals surface area (Å²) < 4.78 is 37.2. The number of piperazine rings is 1. The zero-order chi connectivity index (χ0) is 18.7. The minimum atomic E-state index is -2.80. The fraction of sp³-hybridized carbons (Fsp3) is 0.812. The number of carbonyl (C=O) groups is 1. The van der Waals surface area contributed by atoms with Crippen LogP contribution in [0.25, 0.3) is 0 Å². The lowest BCUT2D eigenvalue weighted by molar-refractivity contribution is -0.135. The molecule has 2 aliphatic heterocycles. The maximum atomic E-state index is 13.3. The SMILES string of the molecule is CCOC(C)c1noc(CN2CCN(C(=O)C3CC(F)(F)CN3)CC2)n1. The van der Waals surface area contributed by atoms with E-state index in [0.717, 1.165) is 0 Å². The van der Waals surface area contributed by atoms with Crippen molar-refractivity contribution in [1.29, 1.82) is 0 Å². The van der Waals surface area contributed by atoms with Crippen molar-refractivity contribution in [3.63, 3.8) is 0 Å². The number of aromatic nitrogens is 2. The molecule has 2 fully saturated rings. The Balaban J connectivity index is 1.46. The monoisotopic (exact) mass is 373 g/mol. The van der Waals surface area contributed by atoms with Crippen LogP contribution in [0.2, 0.25) is 0 Å². The van der Waals surface area contributed by atoms with Crippen molar-refractivity contribution in [2.24, 2.45) is 0 Å². The molecular weight excluding hydrogens is 348 g/mol. The van der Waals surface area contributed by atoms with Gasteiger partial charge >= 0.3 is 0 Å². The number of nitrogens with zero attached hydrogens (tertiary/aromatic N) is 4. The standard InChI is InChI=1S/C16H25F2N5O3/c1-3-25-11(2)14-20-13(26-21-14)9-22-4-6-23(7-5-22)15(24)12-8-16(17,18)10-19-12/h11-12,19H,3-10H2,1-2H3. The molecule has 8 nitrogen and oxygen atoms in total. The summed E-state index contributed by atoms with van der Waals surface area (Å²) in [7, 11) is 0. The number of alkyl halides is 2. The second-order valence-corrected chi connectivity index (χ2v) is 6.74. The first-order chi connectivity index (χ1) is 12.4. The minimum absolute atomic E-state index is 0.219. The Morgan fingerprint density at radius 3 is 2.77 bits per heavy atom. The van der Waals surface area contributed by atoms with E-state index in [2.05, 4.69) is 20.4 Å². The van der Waals surface area contributed by atoms with Gasteiger partial charge in [0, 0.05) is 39.2 Å². The van der Waals surface area contributed by atoms with Gasteiger partial charge in [-0.25, -0.2) is 8.78 Å². The first-order valence-electron chi connectivity index (χ1n) is 8.94. The third-order valence-corrected chi connectivity index (χ3v) is 4.71. The quantitative estimate of drug-likeness (QED) is 0.790. The van der Waals surface area contributed by atoms with E-state index in [1.165, 1.54) is 0 Å². The van der Waals surface area contributed by atoms with Crippen molar-refractivity contribution in [2.45, 2.75) is 44.9 Å². The lowest BCUT2D eigenvalue weighted by Gasteiger charge is -2.35. The molecule has 1 amide bonds. The van der Waals surface area contributed by atoms with Crippen LogP contribution >= 0.6 is 0 Å². The van der Waals surface area contributed by atoms with E-state index in [-0.39, 0.29) is 12.0 Å². The molecule has 26 heavy (non-hydrogen) atoms. The van der Waals surface area contributed by atoms with Gasteiger partial charge in [0.05, 0.1) is 19.1 Å². The summed E-state index contributed by atoms with van der Waals surface area (Å²) in [5.74, 6) is -2.02. The lowest BCUT2D eigenvalue weighted by atomic mass is 10.1. The van der Waals surface area contributed by atoms with Crippen LogP contribution < -0.4 is 5.32 Å². The van der Waals surface area contributed by atoms with Gasteiger partial charge < -0.3 is 14.2 Å². The van der Waals surface area contributed by atoms with Crippen LogP contribution in [0.5, 0.6) is 0 Å². The number of carbonyl (C=O) groups excluding carboxylic acids is 1. The molecule has 0 spiro atoms. The number of hydrogen-bond acceptors (Lipinski definition) is 7. The van der Waals surface area contributed by atoms with Crippen LogP contribution in [0.1, 0.15) is 38.1 Å². The average Bonchev–Trinajstić information content (AvgIpc) is 3.21. The molecule has 1 aromatic heterocycles. The van der Waals surface area contributed by atoms with E-state index in [1.807, 2.05) is 13.8 Å². The summed E-state index contributed by atoms with van der Waals surface area (Å²) in [4.78, 5) is 20.4. The summed E-state index contributed by atoms with van der Waals surface area (Å²) >= 11 is 0. The van der Waals surface area contributed by atoms with Gasteiger partial charge in [0.25, 0.3) is 5.92 Å². The van der Waals surface area contributed by atoms with Gasteiger partial charge in [-0.2, -0.15) is 4.98 Å². The molecule has 0 aliphatic carbocycles. The molecule has 146 valence electrons. The zero-order valence-corrected chi connectivity index (χ0v) is 15.1. The molecule has 2 aliphatic rings. The molecule has 2 atom stereocenters. The smallest absolute Gasteiger partial charge is 0.262 e. The molecule has 0 bridgehead atoms. The molecule has 3 heterocycles. The van der Waals surface area contributed by atoms with Gasteiger partial charge in [0.15, 0.2) is 5.82 Å². The zero-order valence-electron chi connectivity index (χ0n) is 15.1. The van der Waals surface area contributed by atoms with Crippen molar-refractivity contribution in [3.05, 3.63) is 11.7 Å².